The zero-order valence-corrected chi connectivity index (χ0v) is 11.7. The van der Waals surface area contributed by atoms with Crippen molar-refractivity contribution < 1.29 is 13.6 Å². The Morgan fingerprint density at radius 2 is 1.89 bits per heavy atom. The second kappa shape index (κ2) is 5.67. The van der Waals surface area contributed by atoms with Crippen LogP contribution in [0.25, 0.3) is 0 Å². The van der Waals surface area contributed by atoms with Crippen molar-refractivity contribution in [2.75, 3.05) is 5.32 Å². The molecule has 0 unspecified atom stereocenters. The highest BCUT2D eigenvalue weighted by atomic mass is 79.9. The van der Waals surface area contributed by atoms with Crippen molar-refractivity contribution in [3.8, 4) is 0 Å². The number of nitrogens with one attached hydrogen (secondary N) is 1. The summed E-state index contributed by atoms with van der Waals surface area (Å²) in [5, 5.41) is 2.48. The van der Waals surface area contributed by atoms with Gasteiger partial charge in [0.15, 0.2) is 0 Å². The van der Waals surface area contributed by atoms with Gasteiger partial charge in [-0.15, -0.1) is 0 Å². The molecule has 2 aromatic rings. The van der Waals surface area contributed by atoms with Crippen LogP contribution in [0.3, 0.4) is 0 Å². The lowest BCUT2D eigenvalue weighted by Gasteiger charge is -2.07. The highest BCUT2D eigenvalue weighted by Gasteiger charge is 2.12. The predicted molar refractivity (Wildman–Crippen MR) is 73.5 cm³/mol. The smallest absolute Gasteiger partial charge is 0.257 e. The summed E-state index contributed by atoms with van der Waals surface area (Å²) >= 11 is 8.77. The van der Waals surface area contributed by atoms with Gasteiger partial charge in [-0.2, -0.15) is 0 Å². The Hall–Kier alpha value is -1.46. The molecule has 1 N–H and O–H groups in total. The van der Waals surface area contributed by atoms with Crippen LogP contribution in [0, 0.1) is 11.6 Å². The molecule has 0 aliphatic rings. The largest absolute Gasteiger partial charge is 0.322 e. The summed E-state index contributed by atoms with van der Waals surface area (Å²) in [7, 11) is 0. The van der Waals surface area contributed by atoms with Crippen LogP contribution in [-0.2, 0) is 0 Å². The highest BCUT2D eigenvalue weighted by Crippen LogP contribution is 2.22. The van der Waals surface area contributed by atoms with Crippen molar-refractivity contribution >= 4 is 39.1 Å². The summed E-state index contributed by atoms with van der Waals surface area (Å²) in [5.74, 6) is -1.56. The third-order valence-electron chi connectivity index (χ3n) is 2.35. The Labute approximate surface area is 121 Å². The molecule has 2 rings (SSSR count). The Morgan fingerprint density at radius 3 is 2.53 bits per heavy atom. The van der Waals surface area contributed by atoms with Gasteiger partial charge in [0.1, 0.15) is 11.6 Å². The average Bonchev–Trinajstić information content (AvgIpc) is 2.33. The van der Waals surface area contributed by atoms with E-state index in [1.807, 2.05) is 0 Å². The van der Waals surface area contributed by atoms with Crippen molar-refractivity contribution in [1.29, 1.82) is 0 Å². The van der Waals surface area contributed by atoms with Gasteiger partial charge in [0.2, 0.25) is 0 Å². The van der Waals surface area contributed by atoms with Gasteiger partial charge in [0.25, 0.3) is 5.91 Å². The van der Waals surface area contributed by atoms with Crippen LogP contribution >= 0.6 is 27.5 Å². The van der Waals surface area contributed by atoms with Crippen LogP contribution in [0.2, 0.25) is 5.02 Å². The third-order valence-corrected chi connectivity index (χ3v) is 3.31. The number of carbonyl (C=O) groups is 1. The van der Waals surface area contributed by atoms with Crippen molar-refractivity contribution in [1.82, 2.24) is 0 Å². The first kappa shape index (κ1) is 14.0. The normalized spacial score (nSPS) is 10.3. The lowest BCUT2D eigenvalue weighted by atomic mass is 10.2. The molecular weight excluding hydrogens is 340 g/mol. The number of anilines is 1. The maximum atomic E-state index is 13.3. The predicted octanol–water partition coefficient (Wildman–Crippen LogP) is 4.63. The molecule has 0 heterocycles. The van der Waals surface area contributed by atoms with Gasteiger partial charge in [0.05, 0.1) is 15.1 Å². The van der Waals surface area contributed by atoms with E-state index in [1.54, 1.807) is 0 Å². The molecule has 19 heavy (non-hydrogen) atoms. The summed E-state index contributed by atoms with van der Waals surface area (Å²) < 4.78 is 26.5. The molecule has 0 bridgehead atoms. The van der Waals surface area contributed by atoms with Crippen molar-refractivity contribution in [2.24, 2.45) is 0 Å². The fraction of sp³-hybridized carbons (Fsp3) is 0. The molecule has 0 fully saturated rings. The first-order valence-electron chi connectivity index (χ1n) is 5.19. The molecule has 0 aliphatic carbocycles. The fourth-order valence-electron chi connectivity index (χ4n) is 1.45. The van der Waals surface area contributed by atoms with E-state index in [9.17, 15) is 13.6 Å². The molecule has 0 radical (unpaired) electrons. The Morgan fingerprint density at radius 1 is 1.16 bits per heavy atom. The zero-order chi connectivity index (χ0) is 14.0. The van der Waals surface area contributed by atoms with Crippen molar-refractivity contribution in [3.05, 3.63) is 63.1 Å². The number of hydrogen-bond donors (Lipinski definition) is 1. The van der Waals surface area contributed by atoms with Gasteiger partial charge < -0.3 is 5.32 Å². The van der Waals surface area contributed by atoms with Crippen LogP contribution in [-0.4, -0.2) is 5.91 Å². The average molecular weight is 347 g/mol. The number of hydrogen-bond acceptors (Lipinski definition) is 1. The number of halogens is 4. The molecule has 0 atom stereocenters. The van der Waals surface area contributed by atoms with E-state index in [4.69, 9.17) is 11.6 Å². The van der Waals surface area contributed by atoms with Gasteiger partial charge in [-0.1, -0.05) is 11.6 Å². The van der Waals surface area contributed by atoms with E-state index in [0.717, 1.165) is 12.1 Å². The van der Waals surface area contributed by atoms with Crippen molar-refractivity contribution in [3.63, 3.8) is 0 Å². The standard InChI is InChI=1S/C13H7BrClF2NO/c14-10-4-2-8(6-12(10)17)18-13(19)9-3-1-7(16)5-11(9)15/h1-6H,(H,18,19). The molecule has 0 aliphatic heterocycles. The summed E-state index contributed by atoms with van der Waals surface area (Å²) in [6.07, 6.45) is 0. The highest BCUT2D eigenvalue weighted by molar-refractivity contribution is 9.10. The minimum atomic E-state index is -0.535. The topological polar surface area (TPSA) is 29.1 Å². The van der Waals surface area contributed by atoms with E-state index in [-0.39, 0.29) is 16.3 Å². The number of benzene rings is 2. The van der Waals surface area contributed by atoms with E-state index in [2.05, 4.69) is 21.2 Å². The molecular formula is C13H7BrClF2NO. The summed E-state index contributed by atoms with van der Waals surface area (Å²) in [5.41, 5.74) is 0.400. The first-order valence-corrected chi connectivity index (χ1v) is 6.36. The molecule has 0 aromatic heterocycles. The maximum Gasteiger partial charge on any atom is 0.257 e. The first-order chi connectivity index (χ1) is 8.97. The summed E-state index contributed by atoms with van der Waals surface area (Å²) in [6.45, 7) is 0. The lowest BCUT2D eigenvalue weighted by molar-refractivity contribution is 0.102. The number of rotatable bonds is 2. The number of amides is 1. The van der Waals surface area contributed by atoms with Gasteiger partial charge in [-0.3, -0.25) is 4.79 Å². The van der Waals surface area contributed by atoms with Crippen LogP contribution in [0.15, 0.2) is 40.9 Å². The SMILES string of the molecule is O=C(Nc1ccc(Br)c(F)c1)c1ccc(F)cc1Cl. The van der Waals surface area contributed by atoms with Gasteiger partial charge >= 0.3 is 0 Å². The molecule has 0 saturated carbocycles. The monoisotopic (exact) mass is 345 g/mol. The van der Waals surface area contributed by atoms with E-state index in [1.165, 1.54) is 24.3 Å². The molecule has 6 heteroatoms. The van der Waals surface area contributed by atoms with E-state index >= 15 is 0 Å². The summed E-state index contributed by atoms with van der Waals surface area (Å²) in [4.78, 5) is 11.9. The second-order valence-corrected chi connectivity index (χ2v) is 4.97. The van der Waals surface area contributed by atoms with Crippen LogP contribution < -0.4 is 5.32 Å². The molecule has 98 valence electrons. The quantitative estimate of drug-likeness (QED) is 0.844. The van der Waals surface area contributed by atoms with Crippen LogP contribution in [0.4, 0.5) is 14.5 Å². The Balaban J connectivity index is 2.23. The van der Waals surface area contributed by atoms with Crippen molar-refractivity contribution in [2.45, 2.75) is 0 Å². The van der Waals surface area contributed by atoms with Gasteiger partial charge in [-0.05, 0) is 52.3 Å². The molecule has 0 saturated heterocycles. The Bertz CT molecular complexity index is 649. The molecule has 2 aromatic carbocycles. The van der Waals surface area contributed by atoms with Gasteiger partial charge in [-0.25, -0.2) is 8.78 Å². The van der Waals surface area contributed by atoms with Crippen LogP contribution in [0.1, 0.15) is 10.4 Å². The maximum absolute atomic E-state index is 13.3. The number of carbonyl (C=O) groups excluding carboxylic acids is 1. The second-order valence-electron chi connectivity index (χ2n) is 3.71. The Kier molecular flexibility index (Phi) is 4.17. The van der Waals surface area contributed by atoms with Crippen LogP contribution in [0.5, 0.6) is 0 Å². The van der Waals surface area contributed by atoms with E-state index in [0.29, 0.717) is 4.47 Å². The lowest BCUT2D eigenvalue weighted by Crippen LogP contribution is -2.12. The third kappa shape index (κ3) is 3.30. The fourth-order valence-corrected chi connectivity index (χ4v) is 1.95. The van der Waals surface area contributed by atoms with Gasteiger partial charge in [0, 0.05) is 5.69 Å². The van der Waals surface area contributed by atoms with E-state index < -0.39 is 17.5 Å². The molecule has 2 nitrogen and oxygen atoms in total. The minimum absolute atomic E-state index is 0.00455. The molecule has 0 spiro atoms. The zero-order valence-electron chi connectivity index (χ0n) is 9.38. The minimum Gasteiger partial charge on any atom is -0.322 e. The molecule has 1 amide bonds. The summed E-state index contributed by atoms with van der Waals surface area (Å²) in [6, 6.07) is 7.60.